The highest BCUT2D eigenvalue weighted by atomic mass is 35.5. The van der Waals surface area contributed by atoms with E-state index in [1.165, 1.54) is 7.11 Å². The standard InChI is InChI=1S/C21H22Cl2N2O4/c1-28-17-7-6-14(12-18(17)29-2)21(27)25-10-8-13(9-11-25)20(26)24-19-15(22)4-3-5-16(19)23/h3-7,12-13H,8-11H2,1-2H3,(H,24,26). The van der Waals surface area contributed by atoms with Gasteiger partial charge < -0.3 is 19.7 Å². The molecule has 3 rings (SSSR count). The Hall–Kier alpha value is -2.44. The first-order valence-electron chi connectivity index (χ1n) is 9.20. The molecule has 29 heavy (non-hydrogen) atoms. The van der Waals surface area contributed by atoms with Crippen LogP contribution in [0.3, 0.4) is 0 Å². The molecule has 1 aliphatic rings. The van der Waals surface area contributed by atoms with Crippen LogP contribution in [-0.4, -0.2) is 44.0 Å². The zero-order valence-electron chi connectivity index (χ0n) is 16.2. The van der Waals surface area contributed by atoms with Crippen molar-refractivity contribution in [3.8, 4) is 11.5 Å². The van der Waals surface area contributed by atoms with E-state index in [0.29, 0.717) is 58.7 Å². The average molecular weight is 437 g/mol. The van der Waals surface area contributed by atoms with Gasteiger partial charge in [0, 0.05) is 24.6 Å². The highest BCUT2D eigenvalue weighted by Gasteiger charge is 2.29. The Morgan fingerprint density at radius 2 is 1.62 bits per heavy atom. The van der Waals surface area contributed by atoms with E-state index in [2.05, 4.69) is 5.32 Å². The van der Waals surface area contributed by atoms with Gasteiger partial charge in [-0.25, -0.2) is 0 Å². The first-order valence-corrected chi connectivity index (χ1v) is 9.96. The number of nitrogens with one attached hydrogen (secondary N) is 1. The number of hydrogen-bond donors (Lipinski definition) is 1. The monoisotopic (exact) mass is 436 g/mol. The number of halogens is 2. The molecule has 0 unspecified atom stereocenters. The summed E-state index contributed by atoms with van der Waals surface area (Å²) in [4.78, 5) is 27.2. The van der Waals surface area contributed by atoms with E-state index in [1.54, 1.807) is 48.4 Å². The van der Waals surface area contributed by atoms with Crippen molar-refractivity contribution in [2.75, 3.05) is 32.6 Å². The first-order chi connectivity index (χ1) is 13.9. The zero-order chi connectivity index (χ0) is 21.0. The van der Waals surface area contributed by atoms with Gasteiger partial charge in [0.15, 0.2) is 11.5 Å². The number of hydrogen-bond acceptors (Lipinski definition) is 4. The smallest absolute Gasteiger partial charge is 0.253 e. The Balaban J connectivity index is 1.61. The SMILES string of the molecule is COc1ccc(C(=O)N2CCC(C(=O)Nc3c(Cl)cccc3Cl)CC2)cc1OC. The molecule has 2 amide bonds. The third kappa shape index (κ3) is 4.77. The second kappa shape index (κ2) is 9.37. The maximum absolute atomic E-state index is 12.8. The van der Waals surface area contributed by atoms with Gasteiger partial charge in [0.2, 0.25) is 5.91 Å². The van der Waals surface area contributed by atoms with E-state index in [1.807, 2.05) is 0 Å². The van der Waals surface area contributed by atoms with Crippen LogP contribution in [0.15, 0.2) is 36.4 Å². The number of rotatable bonds is 5. The van der Waals surface area contributed by atoms with E-state index in [4.69, 9.17) is 32.7 Å². The quantitative estimate of drug-likeness (QED) is 0.748. The number of methoxy groups -OCH3 is 2. The fourth-order valence-corrected chi connectivity index (χ4v) is 3.83. The summed E-state index contributed by atoms with van der Waals surface area (Å²) < 4.78 is 10.5. The Labute approximate surface area is 179 Å². The normalized spacial score (nSPS) is 14.4. The molecule has 1 N–H and O–H groups in total. The lowest BCUT2D eigenvalue weighted by Crippen LogP contribution is -2.41. The van der Waals surface area contributed by atoms with Crippen LogP contribution in [0.4, 0.5) is 5.69 Å². The highest BCUT2D eigenvalue weighted by Crippen LogP contribution is 2.32. The maximum Gasteiger partial charge on any atom is 0.253 e. The van der Waals surface area contributed by atoms with Crippen LogP contribution in [0.5, 0.6) is 11.5 Å². The van der Waals surface area contributed by atoms with Crippen molar-refractivity contribution in [2.24, 2.45) is 5.92 Å². The predicted octanol–water partition coefficient (Wildman–Crippen LogP) is 4.50. The van der Waals surface area contributed by atoms with Gasteiger partial charge in [-0.2, -0.15) is 0 Å². The largest absolute Gasteiger partial charge is 0.493 e. The molecule has 154 valence electrons. The molecule has 0 saturated carbocycles. The minimum Gasteiger partial charge on any atom is -0.493 e. The van der Waals surface area contributed by atoms with Crippen molar-refractivity contribution >= 4 is 40.7 Å². The molecule has 1 heterocycles. The summed E-state index contributed by atoms with van der Waals surface area (Å²) >= 11 is 12.2. The van der Waals surface area contributed by atoms with Crippen molar-refractivity contribution in [1.82, 2.24) is 4.90 Å². The van der Waals surface area contributed by atoms with E-state index in [9.17, 15) is 9.59 Å². The summed E-state index contributed by atoms with van der Waals surface area (Å²) in [5.74, 6) is 0.621. The minimum atomic E-state index is -0.211. The molecule has 2 aromatic rings. The summed E-state index contributed by atoms with van der Waals surface area (Å²) in [6.07, 6.45) is 1.12. The number of benzene rings is 2. The van der Waals surface area contributed by atoms with Crippen molar-refractivity contribution in [3.05, 3.63) is 52.0 Å². The molecule has 0 bridgehead atoms. The van der Waals surface area contributed by atoms with Gasteiger partial charge in [0.25, 0.3) is 5.91 Å². The lowest BCUT2D eigenvalue weighted by Gasteiger charge is -2.31. The molecule has 2 aromatic carbocycles. The number of piperidine rings is 1. The van der Waals surface area contributed by atoms with Gasteiger partial charge in [-0.15, -0.1) is 0 Å². The van der Waals surface area contributed by atoms with Crippen LogP contribution in [0.1, 0.15) is 23.2 Å². The number of nitrogens with zero attached hydrogens (tertiary/aromatic N) is 1. The summed E-state index contributed by atoms with van der Waals surface area (Å²) in [5, 5.41) is 3.61. The Morgan fingerprint density at radius 3 is 2.21 bits per heavy atom. The lowest BCUT2D eigenvalue weighted by atomic mass is 9.95. The van der Waals surface area contributed by atoms with Gasteiger partial charge in [-0.05, 0) is 43.2 Å². The van der Waals surface area contributed by atoms with Crippen molar-refractivity contribution in [2.45, 2.75) is 12.8 Å². The topological polar surface area (TPSA) is 67.9 Å². The summed E-state index contributed by atoms with van der Waals surface area (Å²) in [6.45, 7) is 0.975. The number of amides is 2. The highest BCUT2D eigenvalue weighted by molar-refractivity contribution is 6.39. The molecule has 0 spiro atoms. The predicted molar refractivity (Wildman–Crippen MR) is 113 cm³/mol. The van der Waals surface area contributed by atoms with E-state index < -0.39 is 0 Å². The van der Waals surface area contributed by atoms with Crippen LogP contribution in [-0.2, 0) is 4.79 Å². The van der Waals surface area contributed by atoms with Crippen molar-refractivity contribution in [1.29, 1.82) is 0 Å². The number of carbonyl (C=O) groups excluding carboxylic acids is 2. The second-order valence-electron chi connectivity index (χ2n) is 6.72. The van der Waals surface area contributed by atoms with Crippen LogP contribution in [0.2, 0.25) is 10.0 Å². The summed E-state index contributed by atoms with van der Waals surface area (Å²) in [5.41, 5.74) is 0.943. The number of anilines is 1. The Morgan fingerprint density at radius 1 is 1.00 bits per heavy atom. The van der Waals surface area contributed by atoms with E-state index >= 15 is 0 Å². The molecule has 1 saturated heterocycles. The Bertz CT molecular complexity index is 891. The number of ether oxygens (including phenoxy) is 2. The van der Waals surface area contributed by atoms with Gasteiger partial charge in [-0.1, -0.05) is 29.3 Å². The first kappa shape index (κ1) is 21.3. The van der Waals surface area contributed by atoms with Crippen molar-refractivity contribution in [3.63, 3.8) is 0 Å². The van der Waals surface area contributed by atoms with Gasteiger partial charge >= 0.3 is 0 Å². The summed E-state index contributed by atoms with van der Waals surface area (Å²) in [7, 11) is 3.08. The molecule has 0 radical (unpaired) electrons. The van der Waals surface area contributed by atoms with Gasteiger partial charge in [0.1, 0.15) is 0 Å². The fourth-order valence-electron chi connectivity index (χ4n) is 3.34. The van der Waals surface area contributed by atoms with Crippen LogP contribution >= 0.6 is 23.2 Å². The fraction of sp³-hybridized carbons (Fsp3) is 0.333. The average Bonchev–Trinajstić information content (AvgIpc) is 2.75. The second-order valence-corrected chi connectivity index (χ2v) is 7.54. The Kier molecular flexibility index (Phi) is 6.87. The van der Waals surface area contributed by atoms with E-state index in [0.717, 1.165) is 0 Å². The number of likely N-dealkylation sites (tertiary alicyclic amines) is 1. The third-order valence-corrected chi connectivity index (χ3v) is 5.62. The number of carbonyl (C=O) groups is 2. The van der Waals surface area contributed by atoms with Gasteiger partial charge in [-0.3, -0.25) is 9.59 Å². The molecule has 1 aliphatic heterocycles. The molecule has 0 aromatic heterocycles. The molecule has 1 fully saturated rings. The molecule has 6 nitrogen and oxygen atoms in total. The number of para-hydroxylation sites is 1. The molecule has 0 aliphatic carbocycles. The lowest BCUT2D eigenvalue weighted by molar-refractivity contribution is -0.121. The molecule has 8 heteroatoms. The minimum absolute atomic E-state index is 0.0982. The maximum atomic E-state index is 12.8. The van der Waals surface area contributed by atoms with Crippen LogP contribution in [0.25, 0.3) is 0 Å². The van der Waals surface area contributed by atoms with Crippen molar-refractivity contribution < 1.29 is 19.1 Å². The molecular weight excluding hydrogens is 415 g/mol. The molecular formula is C21H22Cl2N2O4. The third-order valence-electron chi connectivity index (χ3n) is 4.99. The molecule has 0 atom stereocenters. The van der Waals surface area contributed by atoms with Crippen LogP contribution < -0.4 is 14.8 Å². The van der Waals surface area contributed by atoms with Gasteiger partial charge in [0.05, 0.1) is 30.0 Å². The van der Waals surface area contributed by atoms with E-state index in [-0.39, 0.29) is 17.7 Å². The zero-order valence-corrected chi connectivity index (χ0v) is 17.7. The van der Waals surface area contributed by atoms with Crippen LogP contribution in [0, 0.1) is 5.92 Å². The summed E-state index contributed by atoms with van der Waals surface area (Å²) in [6, 6.07) is 10.2.